The molecule has 1 aromatic rings. The first-order chi connectivity index (χ1) is 13.8. The summed E-state index contributed by atoms with van der Waals surface area (Å²) < 4.78 is 5.73. The Balaban J connectivity index is 0.00000300. The second kappa shape index (κ2) is 13.3. The molecule has 0 spiro atoms. The van der Waals surface area contributed by atoms with Crippen molar-refractivity contribution in [2.45, 2.75) is 19.3 Å². The van der Waals surface area contributed by atoms with E-state index in [0.717, 1.165) is 77.3 Å². The van der Waals surface area contributed by atoms with Gasteiger partial charge in [0.1, 0.15) is 0 Å². The molecule has 164 valence electrons. The average molecular weight is 515 g/mol. The third kappa shape index (κ3) is 8.68. The van der Waals surface area contributed by atoms with Gasteiger partial charge in [-0.2, -0.15) is 0 Å². The van der Waals surface area contributed by atoms with Crippen LogP contribution in [0.4, 0.5) is 5.69 Å². The zero-order valence-electron chi connectivity index (χ0n) is 18.1. The van der Waals surface area contributed by atoms with Crippen molar-refractivity contribution in [3.8, 4) is 0 Å². The third-order valence-corrected chi connectivity index (χ3v) is 5.62. The van der Waals surface area contributed by atoms with Gasteiger partial charge >= 0.3 is 0 Å². The van der Waals surface area contributed by atoms with Gasteiger partial charge in [0.15, 0.2) is 5.96 Å². The summed E-state index contributed by atoms with van der Waals surface area (Å²) in [7, 11) is 3.94. The Morgan fingerprint density at radius 2 is 1.90 bits per heavy atom. The standard InChI is InChI=1S/C22H37N5O.HI/c1-23-22(25(2)17-18-28-19-20-9-10-20)24-11-6-12-26-13-15-27(16-14-26)21-7-4-3-5-8-21;/h3-5,7-8,20H,6,9-19H2,1-2H3,(H,23,24);1H. The molecule has 1 aliphatic heterocycles. The quantitative estimate of drug-likeness (QED) is 0.225. The third-order valence-electron chi connectivity index (χ3n) is 5.62. The molecular formula is C22H38IN5O. The highest BCUT2D eigenvalue weighted by Crippen LogP contribution is 2.28. The number of guanidine groups is 1. The predicted molar refractivity (Wildman–Crippen MR) is 133 cm³/mol. The second-order valence-corrected chi connectivity index (χ2v) is 7.93. The lowest BCUT2D eigenvalue weighted by Crippen LogP contribution is -2.47. The summed E-state index contributed by atoms with van der Waals surface area (Å²) in [6.45, 7) is 9.19. The number of rotatable bonds is 10. The molecule has 1 aromatic carbocycles. The normalized spacial score (nSPS) is 17.7. The van der Waals surface area contributed by atoms with Crippen molar-refractivity contribution in [1.82, 2.24) is 15.1 Å². The fraction of sp³-hybridized carbons (Fsp3) is 0.682. The van der Waals surface area contributed by atoms with Crippen molar-refractivity contribution in [1.29, 1.82) is 0 Å². The lowest BCUT2D eigenvalue weighted by Gasteiger charge is -2.36. The monoisotopic (exact) mass is 515 g/mol. The van der Waals surface area contributed by atoms with Crippen molar-refractivity contribution in [2.75, 3.05) is 78.0 Å². The van der Waals surface area contributed by atoms with Crippen LogP contribution in [-0.2, 0) is 4.74 Å². The molecule has 0 aromatic heterocycles. The first-order valence-electron chi connectivity index (χ1n) is 10.8. The van der Waals surface area contributed by atoms with Gasteiger partial charge in [0, 0.05) is 65.7 Å². The molecule has 6 nitrogen and oxygen atoms in total. The fourth-order valence-electron chi connectivity index (χ4n) is 3.60. The number of hydrogen-bond acceptors (Lipinski definition) is 4. The minimum atomic E-state index is 0. The van der Waals surface area contributed by atoms with E-state index in [9.17, 15) is 0 Å². The Morgan fingerprint density at radius 1 is 1.17 bits per heavy atom. The molecule has 0 amide bonds. The van der Waals surface area contributed by atoms with Crippen LogP contribution in [0.5, 0.6) is 0 Å². The number of piperazine rings is 1. The molecule has 1 saturated heterocycles. The van der Waals surface area contributed by atoms with Gasteiger partial charge in [0.25, 0.3) is 0 Å². The van der Waals surface area contributed by atoms with Crippen molar-refractivity contribution in [3.05, 3.63) is 30.3 Å². The number of ether oxygens (including phenoxy) is 1. The average Bonchev–Trinajstić information content (AvgIpc) is 3.57. The molecule has 7 heteroatoms. The molecule has 1 heterocycles. The number of likely N-dealkylation sites (N-methyl/N-ethyl adjacent to an activating group) is 1. The van der Waals surface area contributed by atoms with Crippen LogP contribution in [0.1, 0.15) is 19.3 Å². The van der Waals surface area contributed by atoms with Gasteiger partial charge in [0.05, 0.1) is 6.61 Å². The van der Waals surface area contributed by atoms with Gasteiger partial charge in [-0.05, 0) is 43.9 Å². The van der Waals surface area contributed by atoms with Crippen LogP contribution >= 0.6 is 24.0 Å². The summed E-state index contributed by atoms with van der Waals surface area (Å²) >= 11 is 0. The van der Waals surface area contributed by atoms with Crippen LogP contribution in [0, 0.1) is 5.92 Å². The van der Waals surface area contributed by atoms with Crippen LogP contribution < -0.4 is 10.2 Å². The van der Waals surface area contributed by atoms with Gasteiger partial charge in [0.2, 0.25) is 0 Å². The van der Waals surface area contributed by atoms with Gasteiger partial charge in [-0.1, -0.05) is 18.2 Å². The number of benzene rings is 1. The number of anilines is 1. The predicted octanol–water partition coefficient (Wildman–Crippen LogP) is 2.75. The lowest BCUT2D eigenvalue weighted by molar-refractivity contribution is 0.115. The van der Waals surface area contributed by atoms with E-state index in [1.54, 1.807) is 0 Å². The Hall–Kier alpha value is -1.06. The summed E-state index contributed by atoms with van der Waals surface area (Å²) in [5.74, 6) is 1.79. The Kier molecular flexibility index (Phi) is 11.1. The maximum absolute atomic E-state index is 5.73. The van der Waals surface area contributed by atoms with Gasteiger partial charge in [-0.25, -0.2) is 0 Å². The number of halogens is 1. The van der Waals surface area contributed by atoms with Crippen molar-refractivity contribution in [2.24, 2.45) is 10.9 Å². The minimum absolute atomic E-state index is 0. The van der Waals surface area contributed by atoms with Crippen molar-refractivity contribution in [3.63, 3.8) is 0 Å². The number of nitrogens with zero attached hydrogens (tertiary/aromatic N) is 4. The van der Waals surface area contributed by atoms with E-state index < -0.39 is 0 Å². The maximum atomic E-state index is 5.73. The minimum Gasteiger partial charge on any atom is -0.379 e. The van der Waals surface area contributed by atoms with E-state index >= 15 is 0 Å². The van der Waals surface area contributed by atoms with Crippen LogP contribution in [0.15, 0.2) is 35.3 Å². The number of aliphatic imine (C=N–C) groups is 1. The molecular weight excluding hydrogens is 477 g/mol. The smallest absolute Gasteiger partial charge is 0.193 e. The summed E-state index contributed by atoms with van der Waals surface area (Å²) in [4.78, 5) is 11.6. The van der Waals surface area contributed by atoms with Crippen LogP contribution in [0.2, 0.25) is 0 Å². The largest absolute Gasteiger partial charge is 0.379 e. The molecule has 0 bridgehead atoms. The molecule has 0 radical (unpaired) electrons. The number of hydrogen-bond donors (Lipinski definition) is 1. The first-order valence-corrected chi connectivity index (χ1v) is 10.8. The molecule has 3 rings (SSSR count). The molecule has 2 fully saturated rings. The summed E-state index contributed by atoms with van der Waals surface area (Å²) in [6.07, 6.45) is 3.83. The van der Waals surface area contributed by atoms with Gasteiger partial charge < -0.3 is 19.9 Å². The van der Waals surface area contributed by atoms with E-state index in [2.05, 4.69) is 62.4 Å². The Bertz CT molecular complexity index is 588. The van der Waals surface area contributed by atoms with E-state index in [1.807, 2.05) is 7.05 Å². The SMILES string of the molecule is CN=C(NCCCN1CCN(c2ccccc2)CC1)N(C)CCOCC1CC1.I. The molecule has 1 saturated carbocycles. The summed E-state index contributed by atoms with van der Waals surface area (Å²) in [5.41, 5.74) is 1.34. The van der Waals surface area contributed by atoms with Crippen LogP contribution in [-0.4, -0.2) is 88.9 Å². The first kappa shape index (κ1) is 24.2. The Labute approximate surface area is 193 Å². The molecule has 1 N–H and O–H groups in total. The molecule has 1 aliphatic carbocycles. The highest BCUT2D eigenvalue weighted by Gasteiger charge is 2.21. The van der Waals surface area contributed by atoms with E-state index in [0.29, 0.717) is 0 Å². The Morgan fingerprint density at radius 3 is 2.55 bits per heavy atom. The van der Waals surface area contributed by atoms with Gasteiger partial charge in [-0.3, -0.25) is 9.89 Å². The summed E-state index contributed by atoms with van der Waals surface area (Å²) in [6, 6.07) is 10.7. The molecule has 29 heavy (non-hydrogen) atoms. The van der Waals surface area contributed by atoms with Gasteiger partial charge in [-0.15, -0.1) is 24.0 Å². The fourth-order valence-corrected chi connectivity index (χ4v) is 3.60. The van der Waals surface area contributed by atoms with Crippen LogP contribution in [0.25, 0.3) is 0 Å². The highest BCUT2D eigenvalue weighted by atomic mass is 127. The van der Waals surface area contributed by atoms with E-state index in [4.69, 9.17) is 4.74 Å². The molecule has 2 aliphatic rings. The second-order valence-electron chi connectivity index (χ2n) is 7.93. The molecule has 0 unspecified atom stereocenters. The van der Waals surface area contributed by atoms with Crippen LogP contribution in [0.3, 0.4) is 0 Å². The zero-order chi connectivity index (χ0) is 19.6. The summed E-state index contributed by atoms with van der Waals surface area (Å²) in [5, 5.41) is 3.49. The van der Waals surface area contributed by atoms with Crippen molar-refractivity contribution < 1.29 is 4.74 Å². The van der Waals surface area contributed by atoms with Crippen molar-refractivity contribution >= 4 is 35.6 Å². The topological polar surface area (TPSA) is 43.3 Å². The number of para-hydroxylation sites is 1. The molecule has 0 atom stereocenters. The lowest BCUT2D eigenvalue weighted by atomic mass is 10.2. The van der Waals surface area contributed by atoms with E-state index in [-0.39, 0.29) is 24.0 Å². The number of nitrogens with one attached hydrogen (secondary N) is 1. The maximum Gasteiger partial charge on any atom is 0.193 e. The van der Waals surface area contributed by atoms with E-state index in [1.165, 1.54) is 18.5 Å². The highest BCUT2D eigenvalue weighted by molar-refractivity contribution is 14.0. The zero-order valence-corrected chi connectivity index (χ0v) is 20.4.